The van der Waals surface area contributed by atoms with Gasteiger partial charge in [0.2, 0.25) is 11.6 Å². The van der Waals surface area contributed by atoms with Gasteiger partial charge in [0.05, 0.1) is 11.9 Å². The molecule has 12 heteroatoms. The number of piperidine rings is 1. The van der Waals surface area contributed by atoms with Gasteiger partial charge in [0.25, 0.3) is 5.91 Å². The first kappa shape index (κ1) is 22.0. The average Bonchev–Trinajstić information content (AvgIpc) is 3.41. The van der Waals surface area contributed by atoms with Crippen LogP contribution in [0.3, 0.4) is 0 Å². The van der Waals surface area contributed by atoms with E-state index in [0.29, 0.717) is 18.2 Å². The Morgan fingerprint density at radius 3 is 2.72 bits per heavy atom. The van der Waals surface area contributed by atoms with E-state index < -0.39 is 5.91 Å². The molecule has 0 atom stereocenters. The molecule has 1 amide bonds. The maximum Gasteiger partial charge on any atom is 0.293 e. The lowest BCUT2D eigenvalue weighted by molar-refractivity contribution is 0.0947. The van der Waals surface area contributed by atoms with Crippen LogP contribution in [0.4, 0.5) is 5.82 Å². The van der Waals surface area contributed by atoms with Gasteiger partial charge in [-0.25, -0.2) is 10.1 Å². The Labute approximate surface area is 189 Å². The Bertz CT molecular complexity index is 1080. The molecule has 3 N–H and O–H groups in total. The zero-order valence-corrected chi connectivity index (χ0v) is 18.7. The lowest BCUT2D eigenvalue weighted by Crippen LogP contribution is -2.34. The molecule has 0 spiro atoms. The van der Waals surface area contributed by atoms with Gasteiger partial charge in [0, 0.05) is 11.4 Å². The van der Waals surface area contributed by atoms with E-state index in [4.69, 9.17) is 10.4 Å². The van der Waals surface area contributed by atoms with Crippen LogP contribution in [0.15, 0.2) is 38.9 Å². The molecule has 1 saturated heterocycles. The van der Waals surface area contributed by atoms with E-state index in [9.17, 15) is 4.79 Å². The Hall–Kier alpha value is -3.25. The molecule has 0 bridgehead atoms. The van der Waals surface area contributed by atoms with Crippen molar-refractivity contribution in [3.05, 3.63) is 41.2 Å². The summed E-state index contributed by atoms with van der Waals surface area (Å²) in [7, 11) is 0. The number of nitrogens with zero attached hydrogens (tertiary/aromatic N) is 7. The molecule has 168 valence electrons. The van der Waals surface area contributed by atoms with E-state index in [1.165, 1.54) is 4.68 Å². The predicted octanol–water partition coefficient (Wildman–Crippen LogP) is 1.95. The number of thioether (sulfide) groups is 1. The summed E-state index contributed by atoms with van der Waals surface area (Å²) in [6.45, 7) is 4.55. The number of nitrogens with two attached hydrogens (primary N) is 1. The molecule has 32 heavy (non-hydrogen) atoms. The number of carbonyl (C=O) groups excluding carboxylic acids is 1. The Kier molecular flexibility index (Phi) is 6.81. The van der Waals surface area contributed by atoms with Crippen molar-refractivity contribution in [2.75, 3.05) is 25.1 Å². The molecule has 11 nitrogen and oxygen atoms in total. The molecular weight excluding hydrogens is 430 g/mol. The maximum atomic E-state index is 12.9. The maximum absolute atomic E-state index is 12.9. The zero-order chi connectivity index (χ0) is 22.5. The first-order valence-electron chi connectivity index (χ1n) is 10.3. The third-order valence-electron chi connectivity index (χ3n) is 5.42. The van der Waals surface area contributed by atoms with Crippen LogP contribution >= 0.6 is 11.8 Å². The molecular formula is C20H25N9O2S. The fraction of sp³-hybridized carbons (Fsp3) is 0.400. The van der Waals surface area contributed by atoms with Crippen molar-refractivity contribution in [2.45, 2.75) is 31.2 Å². The number of benzene rings is 1. The van der Waals surface area contributed by atoms with Gasteiger partial charge in [0.15, 0.2) is 5.69 Å². The van der Waals surface area contributed by atoms with Crippen LogP contribution in [0.2, 0.25) is 0 Å². The Morgan fingerprint density at radius 1 is 1.31 bits per heavy atom. The minimum Gasteiger partial charge on any atom is -0.378 e. The van der Waals surface area contributed by atoms with Crippen molar-refractivity contribution in [3.63, 3.8) is 0 Å². The van der Waals surface area contributed by atoms with Crippen LogP contribution in [0.25, 0.3) is 5.82 Å². The summed E-state index contributed by atoms with van der Waals surface area (Å²) in [5.41, 5.74) is 9.96. The van der Waals surface area contributed by atoms with Crippen molar-refractivity contribution < 1.29 is 9.42 Å². The first-order valence-corrected chi connectivity index (χ1v) is 11.5. The molecule has 1 aliphatic rings. The smallest absolute Gasteiger partial charge is 0.293 e. The molecule has 1 aliphatic heterocycles. The van der Waals surface area contributed by atoms with Gasteiger partial charge in [-0.05, 0) is 66.1 Å². The third-order valence-corrected chi connectivity index (χ3v) is 6.16. The molecule has 0 radical (unpaired) electrons. The predicted molar refractivity (Wildman–Crippen MR) is 121 cm³/mol. The highest BCUT2D eigenvalue weighted by atomic mass is 32.2. The van der Waals surface area contributed by atoms with Gasteiger partial charge in [-0.15, -0.1) is 16.9 Å². The van der Waals surface area contributed by atoms with Crippen molar-refractivity contribution >= 4 is 29.7 Å². The highest BCUT2D eigenvalue weighted by Crippen LogP contribution is 2.21. The molecule has 0 saturated carbocycles. The van der Waals surface area contributed by atoms with Crippen molar-refractivity contribution in [1.82, 2.24) is 35.6 Å². The fourth-order valence-electron chi connectivity index (χ4n) is 3.47. The van der Waals surface area contributed by atoms with Gasteiger partial charge < -0.3 is 5.73 Å². The van der Waals surface area contributed by atoms with Crippen LogP contribution in [0.5, 0.6) is 0 Å². The fourth-order valence-corrected chi connectivity index (χ4v) is 3.88. The van der Waals surface area contributed by atoms with E-state index >= 15 is 0 Å². The first-order chi connectivity index (χ1) is 15.5. The second kappa shape index (κ2) is 9.92. The Morgan fingerprint density at radius 2 is 2.06 bits per heavy atom. The molecule has 0 unspecified atom stereocenters. The number of hydrogen-bond acceptors (Lipinski definition) is 10. The molecule has 3 heterocycles. The number of carbonyl (C=O) groups is 1. The van der Waals surface area contributed by atoms with E-state index in [0.717, 1.165) is 36.4 Å². The molecule has 2 aromatic heterocycles. The van der Waals surface area contributed by atoms with Crippen LogP contribution in [-0.2, 0) is 6.54 Å². The van der Waals surface area contributed by atoms with E-state index in [1.54, 1.807) is 18.0 Å². The lowest BCUT2D eigenvalue weighted by Gasteiger charge is -2.30. The molecule has 4 rings (SSSR count). The molecule has 3 aromatic rings. The minimum absolute atomic E-state index is 0.0714. The average molecular weight is 456 g/mol. The summed E-state index contributed by atoms with van der Waals surface area (Å²) in [5.74, 6) is 0.492. The van der Waals surface area contributed by atoms with E-state index in [1.807, 2.05) is 30.5 Å². The number of hydrogen-bond donors (Lipinski definition) is 2. The van der Waals surface area contributed by atoms with Crippen LogP contribution in [0, 0.1) is 5.92 Å². The van der Waals surface area contributed by atoms with Gasteiger partial charge in [-0.3, -0.25) is 9.69 Å². The summed E-state index contributed by atoms with van der Waals surface area (Å²) in [4.78, 5) is 16.3. The van der Waals surface area contributed by atoms with Gasteiger partial charge in [-0.1, -0.05) is 24.3 Å². The summed E-state index contributed by atoms with van der Waals surface area (Å²) in [5, 5.41) is 19.6. The zero-order valence-electron chi connectivity index (χ0n) is 17.9. The second-order valence-electron chi connectivity index (χ2n) is 7.70. The van der Waals surface area contributed by atoms with Crippen LogP contribution < -0.4 is 11.2 Å². The summed E-state index contributed by atoms with van der Waals surface area (Å²) >= 11 is 1.66. The quantitative estimate of drug-likeness (QED) is 0.311. The molecule has 1 fully saturated rings. The number of hydrazone groups is 1. The minimum atomic E-state index is -0.469. The van der Waals surface area contributed by atoms with Crippen LogP contribution in [0.1, 0.15) is 41.5 Å². The number of likely N-dealkylation sites (tertiary alicyclic amines) is 1. The standard InChI is InChI=1S/C20H25N9O2S/c1-13-7-9-28(10-8-13)12-16-17(23-27-29(16)19-18(21)25-31-26-19)20(30)24-22-11-14-3-5-15(32-2)6-4-14/h3-6,11,13H,7-10,12H2,1-2H3,(H2,21,25)(H,24,30). The topological polar surface area (TPSA) is 140 Å². The third kappa shape index (κ3) is 4.97. The van der Waals surface area contributed by atoms with Crippen molar-refractivity contribution in [2.24, 2.45) is 11.0 Å². The van der Waals surface area contributed by atoms with Gasteiger partial charge in [0.1, 0.15) is 0 Å². The van der Waals surface area contributed by atoms with Crippen molar-refractivity contribution in [1.29, 1.82) is 0 Å². The largest absolute Gasteiger partial charge is 0.378 e. The van der Waals surface area contributed by atoms with Gasteiger partial charge >= 0.3 is 0 Å². The van der Waals surface area contributed by atoms with E-state index in [2.05, 4.69) is 43.0 Å². The number of nitrogens with one attached hydrogen (secondary N) is 1. The monoisotopic (exact) mass is 455 g/mol. The molecule has 0 aliphatic carbocycles. The summed E-state index contributed by atoms with van der Waals surface area (Å²) < 4.78 is 6.11. The summed E-state index contributed by atoms with van der Waals surface area (Å²) in [6.07, 6.45) is 5.78. The lowest BCUT2D eigenvalue weighted by atomic mass is 9.99. The van der Waals surface area contributed by atoms with Gasteiger partial charge in [-0.2, -0.15) is 9.78 Å². The normalized spacial score (nSPS) is 15.4. The van der Waals surface area contributed by atoms with Crippen LogP contribution in [-0.4, -0.2) is 61.7 Å². The van der Waals surface area contributed by atoms with E-state index in [-0.39, 0.29) is 17.3 Å². The Balaban J connectivity index is 1.53. The number of amides is 1. The SMILES string of the molecule is CSc1ccc(C=NNC(=O)c2nnn(-c3nonc3N)c2CN2CCC(C)CC2)cc1. The van der Waals surface area contributed by atoms with Crippen molar-refractivity contribution in [3.8, 4) is 5.82 Å². The summed E-state index contributed by atoms with van der Waals surface area (Å²) in [6, 6.07) is 7.85. The number of aromatic nitrogens is 5. The molecule has 1 aromatic carbocycles. The second-order valence-corrected chi connectivity index (χ2v) is 8.58. The number of rotatable bonds is 7. The number of anilines is 1. The highest BCUT2D eigenvalue weighted by Gasteiger charge is 2.26. The number of nitrogen functional groups attached to an aromatic ring is 1. The highest BCUT2D eigenvalue weighted by molar-refractivity contribution is 7.98.